The fourth-order valence-corrected chi connectivity index (χ4v) is 2.62. The van der Waals surface area contributed by atoms with Gasteiger partial charge in [-0.1, -0.05) is 30.3 Å². The van der Waals surface area contributed by atoms with Gasteiger partial charge in [0.2, 0.25) is 5.91 Å². The Labute approximate surface area is 131 Å². The lowest BCUT2D eigenvalue weighted by Gasteiger charge is -2.28. The number of amides is 1. The highest BCUT2D eigenvalue weighted by Gasteiger charge is 2.49. The number of benzene rings is 1. The summed E-state index contributed by atoms with van der Waals surface area (Å²) in [6.45, 7) is 1.34. The maximum absolute atomic E-state index is 13.2. The van der Waals surface area contributed by atoms with Gasteiger partial charge >= 0.3 is 12.1 Å². The minimum Gasteiger partial charge on any atom is -0.480 e. The second-order valence-corrected chi connectivity index (χ2v) is 6.04. The Kier molecular flexibility index (Phi) is 4.68. The van der Waals surface area contributed by atoms with Crippen LogP contribution in [0.1, 0.15) is 37.7 Å². The summed E-state index contributed by atoms with van der Waals surface area (Å²) in [5, 5.41) is 11.6. The van der Waals surface area contributed by atoms with Gasteiger partial charge in [0.25, 0.3) is 0 Å². The van der Waals surface area contributed by atoms with Crippen LogP contribution in [0.4, 0.5) is 13.2 Å². The van der Waals surface area contributed by atoms with E-state index >= 15 is 0 Å². The second-order valence-electron chi connectivity index (χ2n) is 6.04. The Morgan fingerprint density at radius 1 is 1.26 bits per heavy atom. The molecule has 23 heavy (non-hydrogen) atoms. The molecule has 2 rings (SSSR count). The lowest BCUT2D eigenvalue weighted by Crippen LogP contribution is -2.54. The van der Waals surface area contributed by atoms with Gasteiger partial charge in [-0.2, -0.15) is 13.2 Å². The summed E-state index contributed by atoms with van der Waals surface area (Å²) in [6, 6.07) is 7.14. The van der Waals surface area contributed by atoms with Crippen LogP contribution in [0.2, 0.25) is 0 Å². The Morgan fingerprint density at radius 2 is 1.83 bits per heavy atom. The van der Waals surface area contributed by atoms with Gasteiger partial charge in [0.1, 0.15) is 5.54 Å². The summed E-state index contributed by atoms with van der Waals surface area (Å²) in [7, 11) is 0. The van der Waals surface area contributed by atoms with E-state index in [4.69, 9.17) is 0 Å². The molecule has 1 aliphatic carbocycles. The maximum Gasteiger partial charge on any atom is 0.396 e. The number of carbonyl (C=O) groups is 2. The third-order valence-corrected chi connectivity index (χ3v) is 4.22. The van der Waals surface area contributed by atoms with Crippen LogP contribution >= 0.6 is 0 Å². The first-order chi connectivity index (χ1) is 10.6. The average Bonchev–Trinajstić information content (AvgIpc) is 3.29. The summed E-state index contributed by atoms with van der Waals surface area (Å²) in [5.41, 5.74) is -1.53. The predicted octanol–water partition coefficient (Wildman–Crippen LogP) is 3.09. The first kappa shape index (κ1) is 17.3. The van der Waals surface area contributed by atoms with Gasteiger partial charge in [0.15, 0.2) is 0 Å². The molecule has 2 atom stereocenters. The van der Waals surface area contributed by atoms with Crippen molar-refractivity contribution in [3.63, 3.8) is 0 Å². The molecule has 7 heteroatoms. The Morgan fingerprint density at radius 3 is 2.26 bits per heavy atom. The van der Waals surface area contributed by atoms with Crippen LogP contribution in [0, 0.1) is 5.92 Å². The number of carboxylic acids is 1. The van der Waals surface area contributed by atoms with E-state index in [9.17, 15) is 27.9 Å². The van der Waals surface area contributed by atoms with E-state index in [1.54, 1.807) is 6.07 Å². The first-order valence-electron chi connectivity index (χ1n) is 7.30. The van der Waals surface area contributed by atoms with Gasteiger partial charge in [0, 0.05) is 6.42 Å². The molecule has 2 unspecified atom stereocenters. The Bertz CT molecular complexity index is 584. The molecule has 0 aromatic heterocycles. The lowest BCUT2D eigenvalue weighted by molar-refractivity contribution is -0.159. The maximum atomic E-state index is 13.2. The molecule has 0 radical (unpaired) electrons. The molecule has 1 saturated carbocycles. The van der Waals surface area contributed by atoms with Gasteiger partial charge in [-0.3, -0.25) is 4.79 Å². The standard InChI is InChI=1S/C16H18F3NO3/c1-15(14(22)23,11-7-8-11)20-13(21)9-12(16(17,18)19)10-5-3-2-4-6-10/h2-6,11-12H,7-9H2,1H3,(H,20,21)(H,22,23). The zero-order valence-electron chi connectivity index (χ0n) is 12.6. The number of hydrogen-bond donors (Lipinski definition) is 2. The zero-order chi connectivity index (χ0) is 17.3. The normalized spacial score (nSPS) is 18.8. The number of alkyl halides is 3. The van der Waals surface area contributed by atoms with Crippen molar-refractivity contribution in [2.24, 2.45) is 5.92 Å². The predicted molar refractivity (Wildman–Crippen MR) is 76.8 cm³/mol. The molecule has 1 aromatic carbocycles. The van der Waals surface area contributed by atoms with Gasteiger partial charge in [-0.05, 0) is 31.2 Å². The number of carboxylic acid groups (broad SMARTS) is 1. The Hall–Kier alpha value is -2.05. The summed E-state index contributed by atoms with van der Waals surface area (Å²) in [4.78, 5) is 23.4. The third-order valence-electron chi connectivity index (χ3n) is 4.22. The van der Waals surface area contributed by atoms with Crippen LogP contribution < -0.4 is 5.32 Å². The Balaban J connectivity index is 2.14. The van der Waals surface area contributed by atoms with Crippen molar-refractivity contribution in [3.05, 3.63) is 35.9 Å². The minimum atomic E-state index is -4.59. The number of rotatable bonds is 6. The summed E-state index contributed by atoms with van der Waals surface area (Å²) in [5.74, 6) is -4.32. The molecule has 1 fully saturated rings. The fourth-order valence-electron chi connectivity index (χ4n) is 2.62. The summed E-state index contributed by atoms with van der Waals surface area (Å²) >= 11 is 0. The van der Waals surface area contributed by atoms with E-state index in [0.717, 1.165) is 0 Å². The molecule has 0 aliphatic heterocycles. The van der Waals surface area contributed by atoms with E-state index in [1.165, 1.54) is 31.2 Å². The van der Waals surface area contributed by atoms with Crippen LogP contribution in [0.15, 0.2) is 30.3 Å². The summed E-state index contributed by atoms with van der Waals surface area (Å²) in [6.07, 6.45) is -4.13. The molecule has 126 valence electrons. The lowest BCUT2D eigenvalue weighted by atomic mass is 9.92. The topological polar surface area (TPSA) is 66.4 Å². The van der Waals surface area contributed by atoms with Crippen molar-refractivity contribution in [1.29, 1.82) is 0 Å². The summed E-state index contributed by atoms with van der Waals surface area (Å²) < 4.78 is 39.7. The largest absolute Gasteiger partial charge is 0.480 e. The molecule has 0 saturated heterocycles. The van der Waals surface area contributed by atoms with Crippen molar-refractivity contribution in [1.82, 2.24) is 5.32 Å². The fraction of sp³-hybridized carbons (Fsp3) is 0.500. The molecule has 0 spiro atoms. The van der Waals surface area contributed by atoms with Crippen LogP contribution in [-0.2, 0) is 9.59 Å². The van der Waals surface area contributed by atoms with Gasteiger partial charge in [-0.15, -0.1) is 0 Å². The highest BCUT2D eigenvalue weighted by molar-refractivity contribution is 5.87. The number of hydrogen-bond acceptors (Lipinski definition) is 2. The van der Waals surface area contributed by atoms with E-state index in [1.807, 2.05) is 0 Å². The van der Waals surface area contributed by atoms with Crippen molar-refractivity contribution in [2.45, 2.75) is 43.8 Å². The zero-order valence-corrected chi connectivity index (χ0v) is 12.6. The highest BCUT2D eigenvalue weighted by atomic mass is 19.4. The quantitative estimate of drug-likeness (QED) is 0.843. The van der Waals surface area contributed by atoms with E-state index in [0.29, 0.717) is 12.8 Å². The van der Waals surface area contributed by atoms with E-state index in [2.05, 4.69) is 5.32 Å². The SMILES string of the molecule is CC(NC(=O)CC(c1ccccc1)C(F)(F)F)(C(=O)O)C1CC1. The number of aliphatic carboxylic acids is 1. The van der Waals surface area contributed by atoms with Crippen LogP contribution in [0.25, 0.3) is 0 Å². The van der Waals surface area contributed by atoms with Gasteiger partial charge in [-0.25, -0.2) is 4.79 Å². The second kappa shape index (κ2) is 6.22. The number of nitrogens with one attached hydrogen (secondary N) is 1. The molecule has 0 bridgehead atoms. The first-order valence-corrected chi connectivity index (χ1v) is 7.30. The molecule has 1 amide bonds. The monoisotopic (exact) mass is 329 g/mol. The molecule has 4 nitrogen and oxygen atoms in total. The van der Waals surface area contributed by atoms with E-state index < -0.39 is 35.9 Å². The van der Waals surface area contributed by atoms with Crippen LogP contribution in [-0.4, -0.2) is 28.7 Å². The minimum absolute atomic E-state index is 0.0152. The molecular formula is C16H18F3NO3. The van der Waals surface area contributed by atoms with E-state index in [-0.39, 0.29) is 11.5 Å². The molecule has 1 aromatic rings. The van der Waals surface area contributed by atoms with Crippen molar-refractivity contribution >= 4 is 11.9 Å². The molecule has 1 aliphatic rings. The van der Waals surface area contributed by atoms with Gasteiger partial charge in [0.05, 0.1) is 5.92 Å². The van der Waals surface area contributed by atoms with Crippen molar-refractivity contribution in [2.75, 3.05) is 0 Å². The smallest absolute Gasteiger partial charge is 0.396 e. The highest BCUT2D eigenvalue weighted by Crippen LogP contribution is 2.41. The molecular weight excluding hydrogens is 311 g/mol. The third kappa shape index (κ3) is 4.03. The number of halogens is 3. The number of carbonyl (C=O) groups excluding carboxylic acids is 1. The molecule has 0 heterocycles. The van der Waals surface area contributed by atoms with Crippen LogP contribution in [0.5, 0.6) is 0 Å². The molecule has 2 N–H and O–H groups in total. The van der Waals surface area contributed by atoms with Crippen LogP contribution in [0.3, 0.4) is 0 Å². The van der Waals surface area contributed by atoms with Crippen molar-refractivity contribution in [3.8, 4) is 0 Å². The average molecular weight is 329 g/mol. The van der Waals surface area contributed by atoms with Crippen molar-refractivity contribution < 1.29 is 27.9 Å². The van der Waals surface area contributed by atoms with Gasteiger partial charge < -0.3 is 10.4 Å².